The lowest BCUT2D eigenvalue weighted by Gasteiger charge is -2.26. The SMILES string of the molecule is CC(=O)c1cc(C(=O)NC2CCC(N)CC2)n(C)c1. The zero-order valence-corrected chi connectivity index (χ0v) is 11.5. The first kappa shape index (κ1) is 13.8. The van der Waals surface area contributed by atoms with E-state index in [1.54, 1.807) is 23.9 Å². The Morgan fingerprint density at radius 3 is 2.47 bits per heavy atom. The molecule has 0 radical (unpaired) electrons. The number of carbonyl (C=O) groups excluding carboxylic acids is 2. The quantitative estimate of drug-likeness (QED) is 0.805. The molecule has 2 rings (SSSR count). The standard InChI is InChI=1S/C14H21N3O2/c1-9(18)10-7-13(17(2)8-10)14(19)16-12-5-3-11(15)4-6-12/h7-8,11-12H,3-6,15H2,1-2H3,(H,16,19). The molecule has 0 aliphatic heterocycles. The fraction of sp³-hybridized carbons (Fsp3) is 0.571. The van der Waals surface area contributed by atoms with Gasteiger partial charge in [0, 0.05) is 30.9 Å². The van der Waals surface area contributed by atoms with Gasteiger partial charge in [-0.05, 0) is 38.7 Å². The van der Waals surface area contributed by atoms with E-state index in [0.29, 0.717) is 11.3 Å². The summed E-state index contributed by atoms with van der Waals surface area (Å²) < 4.78 is 1.70. The highest BCUT2D eigenvalue weighted by Crippen LogP contribution is 2.17. The summed E-state index contributed by atoms with van der Waals surface area (Å²) in [6.45, 7) is 1.50. The van der Waals surface area contributed by atoms with E-state index in [1.165, 1.54) is 6.92 Å². The van der Waals surface area contributed by atoms with Crippen molar-refractivity contribution in [1.82, 2.24) is 9.88 Å². The van der Waals surface area contributed by atoms with E-state index >= 15 is 0 Å². The molecule has 1 aromatic heterocycles. The average Bonchev–Trinajstić information content (AvgIpc) is 2.74. The van der Waals surface area contributed by atoms with E-state index in [2.05, 4.69) is 5.32 Å². The minimum Gasteiger partial charge on any atom is -0.348 e. The van der Waals surface area contributed by atoms with Gasteiger partial charge in [0.25, 0.3) is 5.91 Å². The molecule has 0 bridgehead atoms. The summed E-state index contributed by atoms with van der Waals surface area (Å²) in [5.41, 5.74) is 6.94. The van der Waals surface area contributed by atoms with Crippen LogP contribution in [-0.4, -0.2) is 28.3 Å². The predicted molar refractivity (Wildman–Crippen MR) is 73.1 cm³/mol. The van der Waals surface area contributed by atoms with Crippen molar-refractivity contribution in [3.05, 3.63) is 23.5 Å². The van der Waals surface area contributed by atoms with Gasteiger partial charge < -0.3 is 15.6 Å². The Kier molecular flexibility index (Phi) is 4.04. The number of hydrogen-bond acceptors (Lipinski definition) is 3. The molecule has 104 valence electrons. The van der Waals surface area contributed by atoms with Crippen LogP contribution >= 0.6 is 0 Å². The van der Waals surface area contributed by atoms with Gasteiger partial charge in [-0.25, -0.2) is 0 Å². The Hall–Kier alpha value is -1.62. The molecule has 0 saturated heterocycles. The number of aromatic nitrogens is 1. The molecule has 19 heavy (non-hydrogen) atoms. The fourth-order valence-electron chi connectivity index (χ4n) is 2.51. The van der Waals surface area contributed by atoms with E-state index in [1.807, 2.05) is 0 Å². The Bertz CT molecular complexity index is 485. The highest BCUT2D eigenvalue weighted by Gasteiger charge is 2.22. The van der Waals surface area contributed by atoms with Crippen LogP contribution in [0.5, 0.6) is 0 Å². The normalized spacial score (nSPS) is 23.1. The Balaban J connectivity index is 2.02. The molecule has 1 heterocycles. The second-order valence-corrected chi connectivity index (χ2v) is 5.37. The van der Waals surface area contributed by atoms with Gasteiger partial charge in [-0.3, -0.25) is 9.59 Å². The highest BCUT2D eigenvalue weighted by molar-refractivity contribution is 5.99. The van der Waals surface area contributed by atoms with Gasteiger partial charge in [0.15, 0.2) is 5.78 Å². The average molecular weight is 263 g/mol. The number of hydrogen-bond donors (Lipinski definition) is 2. The summed E-state index contributed by atoms with van der Waals surface area (Å²) >= 11 is 0. The number of Topliss-reactive ketones (excluding diaryl/α,β-unsaturated/α-hetero) is 1. The molecule has 1 aliphatic carbocycles. The minimum absolute atomic E-state index is 0.0294. The molecule has 5 heteroatoms. The Morgan fingerprint density at radius 1 is 1.32 bits per heavy atom. The Morgan fingerprint density at radius 2 is 1.95 bits per heavy atom. The minimum atomic E-state index is -0.115. The highest BCUT2D eigenvalue weighted by atomic mass is 16.2. The lowest BCUT2D eigenvalue weighted by atomic mass is 9.92. The van der Waals surface area contributed by atoms with E-state index in [0.717, 1.165) is 25.7 Å². The van der Waals surface area contributed by atoms with Crippen molar-refractivity contribution in [2.45, 2.75) is 44.7 Å². The molecule has 3 N–H and O–H groups in total. The number of carbonyl (C=O) groups is 2. The molecule has 1 saturated carbocycles. The first-order chi connectivity index (χ1) is 8.97. The fourth-order valence-corrected chi connectivity index (χ4v) is 2.51. The zero-order chi connectivity index (χ0) is 14.0. The predicted octanol–water partition coefficient (Wildman–Crippen LogP) is 1.23. The van der Waals surface area contributed by atoms with Crippen molar-refractivity contribution in [2.75, 3.05) is 0 Å². The number of ketones is 1. The van der Waals surface area contributed by atoms with Gasteiger partial charge in [0.1, 0.15) is 5.69 Å². The molecular weight excluding hydrogens is 242 g/mol. The monoisotopic (exact) mass is 263 g/mol. The number of amides is 1. The maximum Gasteiger partial charge on any atom is 0.268 e. The third kappa shape index (κ3) is 3.23. The molecule has 0 aromatic carbocycles. The van der Waals surface area contributed by atoms with Crippen LogP contribution < -0.4 is 11.1 Å². The van der Waals surface area contributed by atoms with Crippen LogP contribution in [0, 0.1) is 0 Å². The number of aryl methyl sites for hydroxylation is 1. The lowest BCUT2D eigenvalue weighted by molar-refractivity contribution is 0.0917. The van der Waals surface area contributed by atoms with Gasteiger partial charge in [-0.15, -0.1) is 0 Å². The summed E-state index contributed by atoms with van der Waals surface area (Å²) in [4.78, 5) is 23.5. The third-order valence-electron chi connectivity index (χ3n) is 3.75. The van der Waals surface area contributed by atoms with E-state index in [-0.39, 0.29) is 23.8 Å². The first-order valence-corrected chi connectivity index (χ1v) is 6.71. The molecule has 5 nitrogen and oxygen atoms in total. The van der Waals surface area contributed by atoms with Gasteiger partial charge >= 0.3 is 0 Å². The molecule has 0 spiro atoms. The van der Waals surface area contributed by atoms with Crippen LogP contribution in [0.3, 0.4) is 0 Å². The van der Waals surface area contributed by atoms with Crippen molar-refractivity contribution in [3.63, 3.8) is 0 Å². The molecular formula is C14H21N3O2. The van der Waals surface area contributed by atoms with Crippen molar-refractivity contribution >= 4 is 11.7 Å². The smallest absolute Gasteiger partial charge is 0.268 e. The second kappa shape index (κ2) is 5.57. The summed E-state index contributed by atoms with van der Waals surface area (Å²) in [6, 6.07) is 2.11. The summed E-state index contributed by atoms with van der Waals surface area (Å²) in [5, 5.41) is 3.02. The number of nitrogens with two attached hydrogens (primary N) is 1. The van der Waals surface area contributed by atoms with Crippen molar-refractivity contribution < 1.29 is 9.59 Å². The van der Waals surface area contributed by atoms with E-state index in [4.69, 9.17) is 5.73 Å². The van der Waals surface area contributed by atoms with Crippen LogP contribution in [0.2, 0.25) is 0 Å². The number of nitrogens with zero attached hydrogens (tertiary/aromatic N) is 1. The van der Waals surface area contributed by atoms with Gasteiger partial charge in [-0.1, -0.05) is 0 Å². The van der Waals surface area contributed by atoms with Crippen LogP contribution in [0.1, 0.15) is 53.5 Å². The largest absolute Gasteiger partial charge is 0.348 e. The molecule has 1 aromatic rings. The Labute approximate surface area is 113 Å². The molecule has 1 amide bonds. The van der Waals surface area contributed by atoms with Crippen LogP contribution in [-0.2, 0) is 7.05 Å². The van der Waals surface area contributed by atoms with Crippen LogP contribution in [0.4, 0.5) is 0 Å². The molecule has 0 unspecified atom stereocenters. The van der Waals surface area contributed by atoms with E-state index < -0.39 is 0 Å². The van der Waals surface area contributed by atoms with Crippen LogP contribution in [0.15, 0.2) is 12.3 Å². The maximum absolute atomic E-state index is 12.2. The van der Waals surface area contributed by atoms with Crippen molar-refractivity contribution in [2.24, 2.45) is 12.8 Å². The van der Waals surface area contributed by atoms with E-state index in [9.17, 15) is 9.59 Å². The summed E-state index contributed by atoms with van der Waals surface area (Å²) in [7, 11) is 1.78. The van der Waals surface area contributed by atoms with Crippen LogP contribution in [0.25, 0.3) is 0 Å². The molecule has 0 atom stereocenters. The van der Waals surface area contributed by atoms with Gasteiger partial charge in [0.05, 0.1) is 0 Å². The maximum atomic E-state index is 12.2. The van der Waals surface area contributed by atoms with Crippen molar-refractivity contribution in [1.29, 1.82) is 0 Å². The zero-order valence-electron chi connectivity index (χ0n) is 11.5. The molecule has 1 fully saturated rings. The first-order valence-electron chi connectivity index (χ1n) is 6.71. The second-order valence-electron chi connectivity index (χ2n) is 5.37. The van der Waals surface area contributed by atoms with Gasteiger partial charge in [-0.2, -0.15) is 0 Å². The van der Waals surface area contributed by atoms with Crippen molar-refractivity contribution in [3.8, 4) is 0 Å². The summed E-state index contributed by atoms with van der Waals surface area (Å²) in [6.07, 6.45) is 5.45. The number of rotatable bonds is 3. The van der Waals surface area contributed by atoms with Gasteiger partial charge in [0.2, 0.25) is 0 Å². The number of nitrogens with one attached hydrogen (secondary N) is 1. The molecule has 1 aliphatic rings. The topological polar surface area (TPSA) is 77.1 Å². The lowest BCUT2D eigenvalue weighted by Crippen LogP contribution is -2.40. The third-order valence-corrected chi connectivity index (χ3v) is 3.75. The summed E-state index contributed by atoms with van der Waals surface area (Å²) in [5.74, 6) is -0.145.